The van der Waals surface area contributed by atoms with Crippen molar-refractivity contribution in [1.82, 2.24) is 5.32 Å². The van der Waals surface area contributed by atoms with Gasteiger partial charge in [-0.15, -0.1) is 11.3 Å². The van der Waals surface area contributed by atoms with Gasteiger partial charge >= 0.3 is 0 Å². The minimum atomic E-state index is -0.124. The average molecular weight is 364 g/mol. The summed E-state index contributed by atoms with van der Waals surface area (Å²) in [6, 6.07) is 9.12. The van der Waals surface area contributed by atoms with Crippen LogP contribution in [-0.4, -0.2) is 17.6 Å². The van der Waals surface area contributed by atoms with E-state index in [4.69, 9.17) is 5.11 Å². The summed E-state index contributed by atoms with van der Waals surface area (Å²) in [6.07, 6.45) is 0.433. The Morgan fingerprint density at radius 2 is 2.24 bits per heavy atom. The summed E-state index contributed by atoms with van der Waals surface area (Å²) >= 11 is 5.04. The predicted octanol–water partition coefficient (Wildman–Crippen LogP) is 3.17. The first-order chi connectivity index (χ1) is 10.2. The van der Waals surface area contributed by atoms with E-state index in [2.05, 4.69) is 33.1 Å². The average Bonchev–Trinajstić information content (AvgIpc) is 2.91. The van der Waals surface area contributed by atoms with Crippen molar-refractivity contribution in [3.05, 3.63) is 56.2 Å². The largest absolute Gasteiger partial charge is 0.395 e. The smallest absolute Gasteiger partial charge is 0.251 e. The Kier molecular flexibility index (Phi) is 6.00. The highest BCUT2D eigenvalue weighted by atomic mass is 79.9. The fraction of sp³-hybridized carbons (Fsp3) is 0.188. The summed E-state index contributed by atoms with van der Waals surface area (Å²) in [7, 11) is 0. The molecular weight excluding hydrogens is 350 g/mol. The Labute approximate surface area is 136 Å². The summed E-state index contributed by atoms with van der Waals surface area (Å²) in [5.74, 6) is 5.64. The minimum Gasteiger partial charge on any atom is -0.395 e. The molecule has 0 aliphatic rings. The van der Waals surface area contributed by atoms with Crippen LogP contribution < -0.4 is 5.32 Å². The molecule has 2 aromatic rings. The minimum absolute atomic E-state index is 0.0445. The Balaban J connectivity index is 2.01. The standard InChI is InChI=1S/C16H14BrNO2S/c17-14-7-9-21-15(14)11-18-16(20)13-6-3-5-12(10-13)4-1-2-8-19/h3,5-7,9-10,19H,2,8,11H2,(H,18,20). The van der Waals surface area contributed by atoms with Crippen molar-refractivity contribution in [3.8, 4) is 11.8 Å². The van der Waals surface area contributed by atoms with Gasteiger partial charge in [0.05, 0.1) is 13.2 Å². The lowest BCUT2D eigenvalue weighted by Crippen LogP contribution is -2.22. The number of thiophene rings is 1. The van der Waals surface area contributed by atoms with Crippen LogP contribution in [0.3, 0.4) is 0 Å². The molecule has 0 unspecified atom stereocenters. The first-order valence-corrected chi connectivity index (χ1v) is 8.08. The van der Waals surface area contributed by atoms with Crippen LogP contribution in [0.15, 0.2) is 40.2 Å². The Hall–Kier alpha value is -1.61. The zero-order valence-corrected chi connectivity index (χ0v) is 13.6. The number of hydrogen-bond acceptors (Lipinski definition) is 3. The molecule has 0 fully saturated rings. The lowest BCUT2D eigenvalue weighted by Gasteiger charge is -2.04. The van der Waals surface area contributed by atoms with E-state index in [1.807, 2.05) is 17.5 Å². The fourth-order valence-corrected chi connectivity index (χ4v) is 3.10. The number of aliphatic hydroxyl groups is 1. The lowest BCUT2D eigenvalue weighted by atomic mass is 10.1. The molecule has 0 radical (unpaired) electrons. The van der Waals surface area contributed by atoms with Crippen molar-refractivity contribution in [2.75, 3.05) is 6.61 Å². The number of nitrogens with one attached hydrogen (secondary N) is 1. The van der Waals surface area contributed by atoms with Gasteiger partial charge in [0.2, 0.25) is 0 Å². The maximum absolute atomic E-state index is 12.1. The molecule has 2 N–H and O–H groups in total. The van der Waals surface area contributed by atoms with Crippen LogP contribution in [0.4, 0.5) is 0 Å². The number of carbonyl (C=O) groups is 1. The van der Waals surface area contributed by atoms with E-state index in [-0.39, 0.29) is 12.5 Å². The Morgan fingerprint density at radius 1 is 1.38 bits per heavy atom. The zero-order valence-electron chi connectivity index (χ0n) is 11.2. The highest BCUT2D eigenvalue weighted by molar-refractivity contribution is 9.10. The van der Waals surface area contributed by atoms with Gasteiger partial charge in [-0.1, -0.05) is 17.9 Å². The van der Waals surface area contributed by atoms with E-state index in [0.29, 0.717) is 18.5 Å². The molecule has 0 aliphatic heterocycles. The molecule has 1 heterocycles. The zero-order chi connectivity index (χ0) is 15.1. The second-order valence-electron chi connectivity index (χ2n) is 4.23. The van der Waals surface area contributed by atoms with Crippen molar-refractivity contribution in [3.63, 3.8) is 0 Å². The van der Waals surface area contributed by atoms with Crippen molar-refractivity contribution in [2.45, 2.75) is 13.0 Å². The molecule has 5 heteroatoms. The van der Waals surface area contributed by atoms with Crippen LogP contribution in [0.1, 0.15) is 27.2 Å². The van der Waals surface area contributed by atoms with Crippen molar-refractivity contribution in [2.24, 2.45) is 0 Å². The van der Waals surface area contributed by atoms with Crippen LogP contribution in [-0.2, 0) is 6.54 Å². The molecule has 1 aromatic carbocycles. The molecule has 0 saturated heterocycles. The van der Waals surface area contributed by atoms with Gasteiger partial charge in [0.15, 0.2) is 0 Å². The topological polar surface area (TPSA) is 49.3 Å². The highest BCUT2D eigenvalue weighted by Crippen LogP contribution is 2.22. The van der Waals surface area contributed by atoms with Crippen LogP contribution in [0.2, 0.25) is 0 Å². The van der Waals surface area contributed by atoms with E-state index < -0.39 is 0 Å². The van der Waals surface area contributed by atoms with Crippen LogP contribution in [0.5, 0.6) is 0 Å². The molecular formula is C16H14BrNO2S. The van der Waals surface area contributed by atoms with E-state index in [1.165, 1.54) is 0 Å². The third-order valence-corrected chi connectivity index (χ3v) is 4.62. The van der Waals surface area contributed by atoms with Gasteiger partial charge in [-0.05, 0) is 45.6 Å². The van der Waals surface area contributed by atoms with Gasteiger partial charge in [-0.25, -0.2) is 0 Å². The van der Waals surface area contributed by atoms with Crippen LogP contribution >= 0.6 is 27.3 Å². The molecule has 0 spiro atoms. The Bertz CT molecular complexity index is 685. The van der Waals surface area contributed by atoms with E-state index in [0.717, 1.165) is 14.9 Å². The number of hydrogen-bond donors (Lipinski definition) is 2. The number of benzene rings is 1. The van der Waals surface area contributed by atoms with Gasteiger partial charge in [0.25, 0.3) is 5.91 Å². The summed E-state index contributed by atoms with van der Waals surface area (Å²) < 4.78 is 1.01. The quantitative estimate of drug-likeness (QED) is 0.819. The first kappa shape index (κ1) is 15.8. The lowest BCUT2D eigenvalue weighted by molar-refractivity contribution is 0.0951. The summed E-state index contributed by atoms with van der Waals surface area (Å²) in [5.41, 5.74) is 1.35. The molecule has 0 aliphatic carbocycles. The number of halogens is 1. The monoisotopic (exact) mass is 363 g/mol. The molecule has 0 atom stereocenters. The van der Waals surface area contributed by atoms with Gasteiger partial charge in [-0.2, -0.15) is 0 Å². The van der Waals surface area contributed by atoms with Crippen LogP contribution in [0, 0.1) is 11.8 Å². The van der Waals surface area contributed by atoms with Gasteiger partial charge in [0, 0.05) is 26.9 Å². The van der Waals surface area contributed by atoms with E-state index in [1.54, 1.807) is 29.5 Å². The van der Waals surface area contributed by atoms with Crippen molar-refractivity contribution in [1.29, 1.82) is 0 Å². The highest BCUT2D eigenvalue weighted by Gasteiger charge is 2.07. The van der Waals surface area contributed by atoms with E-state index >= 15 is 0 Å². The molecule has 3 nitrogen and oxygen atoms in total. The van der Waals surface area contributed by atoms with Crippen LogP contribution in [0.25, 0.3) is 0 Å². The van der Waals surface area contributed by atoms with E-state index in [9.17, 15) is 4.79 Å². The second-order valence-corrected chi connectivity index (χ2v) is 6.09. The molecule has 108 valence electrons. The molecule has 1 amide bonds. The summed E-state index contributed by atoms with van der Waals surface area (Å²) in [4.78, 5) is 13.2. The second kappa shape index (κ2) is 7.99. The SMILES string of the molecule is O=C(NCc1sccc1Br)c1cccc(C#CCCO)c1. The molecule has 1 aromatic heterocycles. The van der Waals surface area contributed by atoms with Gasteiger partial charge in [-0.3, -0.25) is 4.79 Å². The van der Waals surface area contributed by atoms with Gasteiger partial charge in [0.1, 0.15) is 0 Å². The predicted molar refractivity (Wildman–Crippen MR) is 88.2 cm³/mol. The molecule has 0 saturated carbocycles. The normalized spacial score (nSPS) is 9.81. The number of rotatable bonds is 4. The first-order valence-electron chi connectivity index (χ1n) is 6.40. The van der Waals surface area contributed by atoms with Gasteiger partial charge < -0.3 is 10.4 Å². The summed E-state index contributed by atoms with van der Waals surface area (Å²) in [6.45, 7) is 0.542. The Morgan fingerprint density at radius 3 is 2.95 bits per heavy atom. The number of amides is 1. The molecule has 2 rings (SSSR count). The maximum Gasteiger partial charge on any atom is 0.251 e. The number of carbonyl (C=O) groups excluding carboxylic acids is 1. The third kappa shape index (κ3) is 4.71. The fourth-order valence-electron chi connectivity index (χ4n) is 1.67. The van der Waals surface area contributed by atoms with Crippen molar-refractivity contribution < 1.29 is 9.90 Å². The molecule has 0 bridgehead atoms. The molecule has 21 heavy (non-hydrogen) atoms. The van der Waals surface area contributed by atoms with Crippen molar-refractivity contribution >= 4 is 33.2 Å². The third-order valence-electron chi connectivity index (χ3n) is 2.69. The summed E-state index contributed by atoms with van der Waals surface area (Å²) in [5, 5.41) is 13.6. The maximum atomic E-state index is 12.1. The number of aliphatic hydroxyl groups excluding tert-OH is 1.